The summed E-state index contributed by atoms with van der Waals surface area (Å²) in [6.45, 7) is 3.78. The Hall–Kier alpha value is -0.900. The fourth-order valence-corrected chi connectivity index (χ4v) is 3.66. The van der Waals surface area contributed by atoms with Gasteiger partial charge in [0, 0.05) is 7.05 Å². The number of imide groups is 1. The predicted octanol–water partition coefficient (Wildman–Crippen LogP) is 0.559. The van der Waals surface area contributed by atoms with E-state index in [9.17, 15) is 9.59 Å². The minimum Gasteiger partial charge on any atom is -0.373 e. The van der Waals surface area contributed by atoms with Crippen LogP contribution in [-0.2, 0) is 14.3 Å². The third-order valence-corrected chi connectivity index (χ3v) is 4.88. The number of carbonyl (C=O) groups excluding carboxylic acids is 2. The molecule has 0 aromatic rings. The van der Waals surface area contributed by atoms with Crippen LogP contribution < -0.4 is 0 Å². The Bertz CT molecular complexity index is 346. The van der Waals surface area contributed by atoms with Crippen LogP contribution in [0.3, 0.4) is 0 Å². The Morgan fingerprint density at radius 3 is 1.93 bits per heavy atom. The van der Waals surface area contributed by atoms with Crippen LogP contribution in [0.4, 0.5) is 0 Å². The smallest absolute Gasteiger partial charge is 0.238 e. The van der Waals surface area contributed by atoms with Gasteiger partial charge in [0.05, 0.1) is 23.0 Å². The minimum atomic E-state index is -0.623. The van der Waals surface area contributed by atoms with E-state index in [-0.39, 0.29) is 24.0 Å². The van der Waals surface area contributed by atoms with Gasteiger partial charge >= 0.3 is 0 Å². The van der Waals surface area contributed by atoms with E-state index in [0.29, 0.717) is 0 Å². The second kappa shape index (κ2) is 2.26. The molecule has 0 aromatic carbocycles. The summed E-state index contributed by atoms with van der Waals surface area (Å²) in [5, 5.41) is 0. The summed E-state index contributed by atoms with van der Waals surface area (Å²) in [6.07, 6.45) is 1.69. The summed E-state index contributed by atoms with van der Waals surface area (Å²) in [7, 11) is 1.58. The first-order valence-electron chi connectivity index (χ1n) is 5.42. The molecule has 2 unspecified atom stereocenters. The lowest BCUT2D eigenvalue weighted by Crippen LogP contribution is -2.48. The van der Waals surface area contributed by atoms with E-state index < -0.39 is 10.8 Å². The van der Waals surface area contributed by atoms with Crippen molar-refractivity contribution >= 4 is 11.8 Å². The number of nitrogens with zero attached hydrogens (tertiary/aromatic N) is 1. The van der Waals surface area contributed by atoms with Gasteiger partial charge in [-0.3, -0.25) is 14.5 Å². The number of carbonyl (C=O) groups is 2. The van der Waals surface area contributed by atoms with Crippen molar-refractivity contribution in [2.75, 3.05) is 7.05 Å². The Morgan fingerprint density at radius 1 is 1.13 bits per heavy atom. The normalized spacial score (nSPS) is 52.9. The molecule has 4 heteroatoms. The molecule has 2 bridgehead atoms. The first kappa shape index (κ1) is 9.33. The summed E-state index contributed by atoms with van der Waals surface area (Å²) in [4.78, 5) is 25.6. The number of amides is 2. The van der Waals surface area contributed by atoms with Crippen molar-refractivity contribution in [1.82, 2.24) is 4.90 Å². The van der Waals surface area contributed by atoms with Gasteiger partial charge in [0.1, 0.15) is 0 Å². The number of hydrogen-bond donors (Lipinski definition) is 0. The molecule has 3 heterocycles. The van der Waals surface area contributed by atoms with Gasteiger partial charge in [-0.15, -0.1) is 0 Å². The minimum absolute atomic E-state index is 0.0612. The summed E-state index contributed by atoms with van der Waals surface area (Å²) in [5.41, 5.74) is -1.25. The fourth-order valence-electron chi connectivity index (χ4n) is 3.66. The van der Waals surface area contributed by atoms with Crippen LogP contribution in [0.15, 0.2) is 0 Å². The fraction of sp³-hybridized carbons (Fsp3) is 0.818. The Labute approximate surface area is 88.6 Å². The molecule has 4 atom stereocenters. The van der Waals surface area contributed by atoms with Crippen molar-refractivity contribution in [1.29, 1.82) is 0 Å². The van der Waals surface area contributed by atoms with Gasteiger partial charge in [0.2, 0.25) is 11.8 Å². The van der Waals surface area contributed by atoms with E-state index in [1.807, 2.05) is 13.8 Å². The molecule has 2 amide bonds. The van der Waals surface area contributed by atoms with Crippen LogP contribution in [0.5, 0.6) is 0 Å². The first-order valence-corrected chi connectivity index (χ1v) is 5.42. The molecule has 82 valence electrons. The molecule has 0 aromatic heterocycles. The summed E-state index contributed by atoms with van der Waals surface area (Å²) < 4.78 is 5.77. The quantitative estimate of drug-likeness (QED) is 0.548. The van der Waals surface area contributed by atoms with Crippen LogP contribution in [0.2, 0.25) is 0 Å². The zero-order valence-electron chi connectivity index (χ0n) is 9.24. The first-order chi connectivity index (χ1) is 6.94. The van der Waals surface area contributed by atoms with Gasteiger partial charge in [-0.05, 0) is 26.7 Å². The van der Waals surface area contributed by atoms with Crippen LogP contribution >= 0.6 is 0 Å². The Balaban J connectivity index is 2.22. The molecule has 3 aliphatic rings. The second-order valence-electron chi connectivity index (χ2n) is 5.26. The highest BCUT2D eigenvalue weighted by atomic mass is 16.5. The molecular weight excluding hydrogens is 194 g/mol. The topological polar surface area (TPSA) is 46.6 Å². The largest absolute Gasteiger partial charge is 0.373 e. The van der Waals surface area contributed by atoms with Gasteiger partial charge in [0.15, 0.2) is 0 Å². The van der Waals surface area contributed by atoms with Crippen LogP contribution in [0, 0.1) is 10.8 Å². The number of hydrogen-bond acceptors (Lipinski definition) is 3. The Morgan fingerprint density at radius 2 is 1.53 bits per heavy atom. The molecule has 3 rings (SSSR count). The van der Waals surface area contributed by atoms with Crippen molar-refractivity contribution in [3.63, 3.8) is 0 Å². The number of fused-ring (bicyclic) bond motifs is 5. The monoisotopic (exact) mass is 209 g/mol. The highest BCUT2D eigenvalue weighted by molar-refractivity contribution is 6.10. The highest BCUT2D eigenvalue weighted by Gasteiger charge is 2.76. The molecule has 4 nitrogen and oxygen atoms in total. The average molecular weight is 209 g/mol. The summed E-state index contributed by atoms with van der Waals surface area (Å²) in [6, 6.07) is 0. The van der Waals surface area contributed by atoms with Crippen LogP contribution in [-0.4, -0.2) is 36.0 Å². The lowest BCUT2D eigenvalue weighted by molar-refractivity contribution is -0.143. The van der Waals surface area contributed by atoms with Crippen molar-refractivity contribution in [3.8, 4) is 0 Å². The summed E-state index contributed by atoms with van der Waals surface area (Å²) >= 11 is 0. The molecule has 3 saturated heterocycles. The zero-order chi connectivity index (χ0) is 11.0. The van der Waals surface area contributed by atoms with Crippen LogP contribution in [0.1, 0.15) is 26.7 Å². The maximum atomic E-state index is 12.1. The molecule has 15 heavy (non-hydrogen) atoms. The van der Waals surface area contributed by atoms with E-state index in [1.165, 1.54) is 4.90 Å². The maximum absolute atomic E-state index is 12.1. The molecule has 0 N–H and O–H groups in total. The third kappa shape index (κ3) is 0.670. The lowest BCUT2D eigenvalue weighted by Gasteiger charge is -2.36. The molecule has 3 fully saturated rings. The van der Waals surface area contributed by atoms with Gasteiger partial charge in [-0.2, -0.15) is 0 Å². The molecule has 0 radical (unpaired) electrons. The van der Waals surface area contributed by atoms with E-state index >= 15 is 0 Å². The standard InChI is InChI=1S/C11H15NO3/c1-10-6-4-5-7(15-6)11(10,2)9(14)12(3)8(10)13/h6-7H,4-5H2,1-3H3/t6?,7?,10-,11+. The van der Waals surface area contributed by atoms with Crippen molar-refractivity contribution in [2.45, 2.75) is 38.9 Å². The van der Waals surface area contributed by atoms with Crippen LogP contribution in [0.25, 0.3) is 0 Å². The number of likely N-dealkylation sites (tertiary alicyclic amines) is 1. The van der Waals surface area contributed by atoms with E-state index in [4.69, 9.17) is 4.74 Å². The van der Waals surface area contributed by atoms with E-state index in [2.05, 4.69) is 0 Å². The van der Waals surface area contributed by atoms with Gasteiger partial charge in [-0.1, -0.05) is 0 Å². The number of rotatable bonds is 0. The highest BCUT2D eigenvalue weighted by Crippen LogP contribution is 2.63. The predicted molar refractivity (Wildman–Crippen MR) is 51.9 cm³/mol. The van der Waals surface area contributed by atoms with Crippen molar-refractivity contribution in [2.24, 2.45) is 10.8 Å². The van der Waals surface area contributed by atoms with Crippen molar-refractivity contribution < 1.29 is 14.3 Å². The molecule has 0 saturated carbocycles. The Kier molecular flexibility index (Phi) is 1.41. The maximum Gasteiger partial charge on any atom is 0.238 e. The second-order valence-corrected chi connectivity index (χ2v) is 5.26. The van der Waals surface area contributed by atoms with E-state index in [1.54, 1.807) is 7.05 Å². The molecule has 0 aliphatic carbocycles. The third-order valence-electron chi connectivity index (χ3n) is 4.88. The molecule has 0 spiro atoms. The molecular formula is C11H15NO3. The zero-order valence-corrected chi connectivity index (χ0v) is 9.24. The van der Waals surface area contributed by atoms with E-state index in [0.717, 1.165) is 12.8 Å². The SMILES string of the molecule is CN1C(=O)[C@@]2(C)C3CCC(O3)[C@@]2(C)C1=O. The molecule has 3 aliphatic heterocycles. The average Bonchev–Trinajstić information content (AvgIpc) is 2.81. The number of ether oxygens (including phenoxy) is 1. The lowest BCUT2D eigenvalue weighted by atomic mass is 9.59. The summed E-state index contributed by atoms with van der Waals surface area (Å²) in [5.74, 6) is -0.135. The van der Waals surface area contributed by atoms with Gasteiger partial charge in [-0.25, -0.2) is 0 Å². The van der Waals surface area contributed by atoms with Gasteiger partial charge in [0.25, 0.3) is 0 Å². The van der Waals surface area contributed by atoms with Crippen molar-refractivity contribution in [3.05, 3.63) is 0 Å². The van der Waals surface area contributed by atoms with Gasteiger partial charge < -0.3 is 4.74 Å².